The number of carbonyl (C=O) groups excluding carboxylic acids is 4. The average Bonchev–Trinajstić information content (AvgIpc) is 3.48. The summed E-state index contributed by atoms with van der Waals surface area (Å²) < 4.78 is 0. The summed E-state index contributed by atoms with van der Waals surface area (Å²) in [5.41, 5.74) is 0.323. The van der Waals surface area contributed by atoms with Crippen molar-refractivity contribution in [2.75, 3.05) is 6.61 Å². The summed E-state index contributed by atoms with van der Waals surface area (Å²) >= 11 is 0. The third kappa shape index (κ3) is 4.84. The predicted molar refractivity (Wildman–Crippen MR) is 91.5 cm³/mol. The van der Waals surface area contributed by atoms with Crippen molar-refractivity contribution in [2.45, 2.75) is 38.8 Å². The largest absolute Gasteiger partial charge is 0.339 e. The van der Waals surface area contributed by atoms with Gasteiger partial charge in [0.15, 0.2) is 0 Å². The van der Waals surface area contributed by atoms with E-state index in [9.17, 15) is 19.2 Å². The van der Waals surface area contributed by atoms with Gasteiger partial charge in [0.1, 0.15) is 6.04 Å². The number of carbonyl (C=O) groups is 3. The van der Waals surface area contributed by atoms with Crippen LogP contribution in [0, 0.1) is 5.92 Å². The Hall–Kier alpha value is -2.83. The average molecular weight is 359 g/mol. The van der Waals surface area contributed by atoms with Gasteiger partial charge < -0.3 is 5.32 Å². The van der Waals surface area contributed by atoms with E-state index in [0.717, 1.165) is 18.9 Å². The molecule has 1 fully saturated rings. The molecule has 0 heterocycles. The molecule has 0 aromatic heterocycles. The van der Waals surface area contributed by atoms with E-state index in [2.05, 4.69) is 10.3 Å². The first-order valence-corrected chi connectivity index (χ1v) is 8.43. The number of isocyanates is 1. The number of amides is 3. The maximum Gasteiger partial charge on any atom is 0.279 e. The van der Waals surface area contributed by atoms with Crippen molar-refractivity contribution < 1.29 is 24.0 Å². The van der Waals surface area contributed by atoms with Gasteiger partial charge in [-0.3, -0.25) is 19.2 Å². The minimum absolute atomic E-state index is 0.0277. The topological polar surface area (TPSA) is 105 Å². The van der Waals surface area contributed by atoms with Gasteiger partial charge in [0.25, 0.3) is 17.7 Å². The van der Waals surface area contributed by atoms with Gasteiger partial charge >= 0.3 is 0 Å². The Bertz CT molecular complexity index is 711. The van der Waals surface area contributed by atoms with Gasteiger partial charge in [-0.25, -0.2) is 9.86 Å². The fraction of sp³-hybridized carbons (Fsp3) is 0.444. The highest BCUT2D eigenvalue weighted by Gasteiger charge is 2.40. The molecular formula is C18H21N3O5. The lowest BCUT2D eigenvalue weighted by molar-refractivity contribution is -0.193. The molecule has 0 aliphatic heterocycles. The van der Waals surface area contributed by atoms with Gasteiger partial charge in [-0.1, -0.05) is 25.1 Å². The smallest absolute Gasteiger partial charge is 0.279 e. The molecule has 1 aliphatic carbocycles. The van der Waals surface area contributed by atoms with E-state index < -0.39 is 29.7 Å². The summed E-state index contributed by atoms with van der Waals surface area (Å²) in [6.45, 7) is 3.55. The Balaban J connectivity index is 2.20. The van der Waals surface area contributed by atoms with E-state index >= 15 is 0 Å². The van der Waals surface area contributed by atoms with Crippen LogP contribution in [-0.2, 0) is 19.2 Å². The van der Waals surface area contributed by atoms with E-state index in [4.69, 9.17) is 4.84 Å². The van der Waals surface area contributed by atoms with Crippen LogP contribution >= 0.6 is 0 Å². The summed E-state index contributed by atoms with van der Waals surface area (Å²) in [4.78, 5) is 56.2. The molecule has 8 heteroatoms. The van der Waals surface area contributed by atoms with Gasteiger partial charge in [0, 0.05) is 5.56 Å². The SMILES string of the molecule is CCON(C(=O)C(C)C(NC(=O)c1ccccc1)C(=O)N=C=O)C1CC1. The van der Waals surface area contributed by atoms with Crippen LogP contribution in [0.3, 0.4) is 0 Å². The lowest BCUT2D eigenvalue weighted by Crippen LogP contribution is -2.51. The third-order valence-corrected chi connectivity index (χ3v) is 4.00. The number of hydrogen-bond acceptors (Lipinski definition) is 5. The van der Waals surface area contributed by atoms with Crippen LogP contribution in [0.5, 0.6) is 0 Å². The van der Waals surface area contributed by atoms with Crippen molar-refractivity contribution in [3.63, 3.8) is 0 Å². The molecular weight excluding hydrogens is 338 g/mol. The molecule has 1 aromatic carbocycles. The Kier molecular flexibility index (Phi) is 6.77. The van der Waals surface area contributed by atoms with Crippen LogP contribution in [0.15, 0.2) is 35.3 Å². The van der Waals surface area contributed by atoms with Gasteiger partial charge in [-0.05, 0) is 31.9 Å². The maximum absolute atomic E-state index is 12.7. The summed E-state index contributed by atoms with van der Waals surface area (Å²) in [6.07, 6.45) is 2.80. The number of hydroxylamine groups is 2. The quantitative estimate of drug-likeness (QED) is 0.427. The normalized spacial score (nSPS) is 15.3. The maximum atomic E-state index is 12.7. The number of nitrogens with zero attached hydrogens (tertiary/aromatic N) is 2. The second-order valence-electron chi connectivity index (χ2n) is 5.96. The van der Waals surface area contributed by atoms with Crippen molar-refractivity contribution in [1.29, 1.82) is 0 Å². The van der Waals surface area contributed by atoms with Crippen molar-refractivity contribution in [1.82, 2.24) is 10.4 Å². The van der Waals surface area contributed by atoms with Crippen molar-refractivity contribution in [3.8, 4) is 0 Å². The second kappa shape index (κ2) is 9.03. The van der Waals surface area contributed by atoms with Crippen molar-refractivity contribution in [2.24, 2.45) is 10.9 Å². The molecule has 8 nitrogen and oxygen atoms in total. The molecule has 0 spiro atoms. The highest BCUT2D eigenvalue weighted by molar-refractivity contribution is 6.00. The minimum Gasteiger partial charge on any atom is -0.339 e. The lowest BCUT2D eigenvalue weighted by atomic mass is 9.99. The molecule has 0 bridgehead atoms. The lowest BCUT2D eigenvalue weighted by Gasteiger charge is -2.27. The standard InChI is InChI=1S/C18H21N3O5/c1-3-26-21(14-9-10-14)18(25)12(2)15(17(24)19-11-22)20-16(23)13-7-5-4-6-8-13/h4-8,12,14-15H,3,9-10H2,1-2H3,(H,20,23). The highest BCUT2D eigenvalue weighted by atomic mass is 16.7. The first-order chi connectivity index (χ1) is 12.5. The van der Waals surface area contributed by atoms with Crippen LogP contribution in [0.2, 0.25) is 0 Å². The number of rotatable bonds is 8. The molecule has 1 N–H and O–H groups in total. The van der Waals surface area contributed by atoms with Gasteiger partial charge in [0.05, 0.1) is 18.6 Å². The number of hydrogen-bond donors (Lipinski definition) is 1. The first-order valence-electron chi connectivity index (χ1n) is 8.43. The number of aliphatic imine (C=N–C) groups is 1. The van der Waals surface area contributed by atoms with E-state index in [0.29, 0.717) is 12.2 Å². The third-order valence-electron chi connectivity index (χ3n) is 4.00. The zero-order chi connectivity index (χ0) is 19.1. The van der Waals surface area contributed by atoms with Gasteiger partial charge in [0.2, 0.25) is 6.08 Å². The zero-order valence-electron chi connectivity index (χ0n) is 14.7. The Labute approximate surface area is 151 Å². The fourth-order valence-electron chi connectivity index (χ4n) is 2.47. The molecule has 2 atom stereocenters. The fourth-order valence-corrected chi connectivity index (χ4v) is 2.47. The van der Waals surface area contributed by atoms with Crippen LogP contribution < -0.4 is 5.32 Å². The van der Waals surface area contributed by atoms with Gasteiger partial charge in [-0.15, -0.1) is 4.99 Å². The molecule has 1 aromatic rings. The molecule has 0 radical (unpaired) electrons. The first kappa shape index (κ1) is 19.5. The van der Waals surface area contributed by atoms with Crippen LogP contribution in [0.1, 0.15) is 37.0 Å². The molecule has 2 unspecified atom stereocenters. The van der Waals surface area contributed by atoms with Crippen molar-refractivity contribution in [3.05, 3.63) is 35.9 Å². The highest BCUT2D eigenvalue weighted by Crippen LogP contribution is 2.29. The summed E-state index contributed by atoms with van der Waals surface area (Å²) in [5.74, 6) is -2.88. The molecule has 3 amide bonds. The summed E-state index contributed by atoms with van der Waals surface area (Å²) in [6, 6.07) is 6.92. The summed E-state index contributed by atoms with van der Waals surface area (Å²) in [5, 5.41) is 3.74. The van der Waals surface area contributed by atoms with Gasteiger partial charge in [-0.2, -0.15) is 0 Å². The van der Waals surface area contributed by atoms with Crippen LogP contribution in [0.25, 0.3) is 0 Å². The number of nitrogens with one attached hydrogen (secondary N) is 1. The molecule has 0 saturated heterocycles. The number of benzene rings is 1. The monoisotopic (exact) mass is 359 g/mol. The molecule has 2 rings (SSSR count). The Morgan fingerprint density at radius 2 is 1.96 bits per heavy atom. The predicted octanol–water partition coefficient (Wildman–Crippen LogP) is 1.23. The zero-order valence-corrected chi connectivity index (χ0v) is 14.7. The van der Waals surface area contributed by atoms with Crippen LogP contribution in [0.4, 0.5) is 0 Å². The van der Waals surface area contributed by atoms with Crippen molar-refractivity contribution >= 4 is 23.8 Å². The minimum atomic E-state index is -1.29. The van der Waals surface area contributed by atoms with E-state index in [-0.39, 0.29) is 6.04 Å². The molecule has 26 heavy (non-hydrogen) atoms. The van der Waals surface area contributed by atoms with Crippen LogP contribution in [-0.4, -0.2) is 47.6 Å². The molecule has 1 saturated carbocycles. The molecule has 1 aliphatic rings. The van der Waals surface area contributed by atoms with E-state index in [1.165, 1.54) is 12.0 Å². The second-order valence-corrected chi connectivity index (χ2v) is 5.96. The summed E-state index contributed by atoms with van der Waals surface area (Å²) in [7, 11) is 0. The van der Waals surface area contributed by atoms with E-state index in [1.54, 1.807) is 37.3 Å². The van der Waals surface area contributed by atoms with E-state index in [1.807, 2.05) is 0 Å². The Morgan fingerprint density at radius 1 is 1.31 bits per heavy atom. The molecule has 138 valence electrons. The Morgan fingerprint density at radius 3 is 2.50 bits per heavy atom.